The summed E-state index contributed by atoms with van der Waals surface area (Å²) >= 11 is 0. The zero-order chi connectivity index (χ0) is 20.4. The average Bonchev–Trinajstić information content (AvgIpc) is 2.71. The van der Waals surface area contributed by atoms with E-state index in [1.54, 1.807) is 0 Å². The van der Waals surface area contributed by atoms with E-state index >= 15 is 0 Å². The van der Waals surface area contributed by atoms with Gasteiger partial charge in [0.05, 0.1) is 12.5 Å². The van der Waals surface area contributed by atoms with E-state index in [9.17, 15) is 9.59 Å². The van der Waals surface area contributed by atoms with E-state index in [1.807, 2.05) is 30.3 Å². The van der Waals surface area contributed by atoms with Crippen LogP contribution in [0.2, 0.25) is 0 Å². The molecule has 1 atom stereocenters. The Morgan fingerprint density at radius 1 is 0.929 bits per heavy atom. The van der Waals surface area contributed by atoms with Crippen molar-refractivity contribution in [2.45, 2.75) is 46.3 Å². The third kappa shape index (κ3) is 7.16. The van der Waals surface area contributed by atoms with Gasteiger partial charge in [0.1, 0.15) is 0 Å². The number of benzene rings is 2. The summed E-state index contributed by atoms with van der Waals surface area (Å²) in [6.45, 7) is 9.28. The number of rotatable bonds is 10. The molecule has 0 saturated heterocycles. The van der Waals surface area contributed by atoms with Gasteiger partial charge < -0.3 is 10.6 Å². The Hall–Kier alpha value is -2.66. The minimum Gasteiger partial charge on any atom is -0.352 e. The maximum atomic E-state index is 12.4. The van der Waals surface area contributed by atoms with E-state index < -0.39 is 0 Å². The van der Waals surface area contributed by atoms with Gasteiger partial charge in [-0.25, -0.2) is 0 Å². The first-order valence-electron chi connectivity index (χ1n) is 9.90. The molecule has 0 radical (unpaired) electrons. The Morgan fingerprint density at radius 3 is 2.11 bits per heavy atom. The second kappa shape index (κ2) is 11.2. The molecule has 0 aromatic heterocycles. The van der Waals surface area contributed by atoms with Gasteiger partial charge in [-0.2, -0.15) is 0 Å². The highest BCUT2D eigenvalue weighted by atomic mass is 16.2. The molecule has 0 spiro atoms. The van der Waals surface area contributed by atoms with Crippen LogP contribution >= 0.6 is 0 Å². The monoisotopic (exact) mass is 381 g/mol. The van der Waals surface area contributed by atoms with Crippen molar-refractivity contribution in [2.24, 2.45) is 0 Å². The predicted octanol–water partition coefficient (Wildman–Crippen LogP) is 3.41. The van der Waals surface area contributed by atoms with Crippen LogP contribution in [-0.4, -0.2) is 29.8 Å². The van der Waals surface area contributed by atoms with Crippen molar-refractivity contribution < 1.29 is 9.59 Å². The van der Waals surface area contributed by atoms with Crippen molar-refractivity contribution in [1.82, 2.24) is 15.5 Å². The SMILES string of the molecule is CCN(CC)Cc1ccc(CNC(=O)CC(NC(C)=O)c2ccccc2)cc1. The number of amides is 2. The fraction of sp³-hybridized carbons (Fsp3) is 0.391. The van der Waals surface area contributed by atoms with Gasteiger partial charge in [0.15, 0.2) is 0 Å². The highest BCUT2D eigenvalue weighted by molar-refractivity contribution is 5.79. The highest BCUT2D eigenvalue weighted by Crippen LogP contribution is 2.16. The van der Waals surface area contributed by atoms with E-state index in [1.165, 1.54) is 12.5 Å². The maximum absolute atomic E-state index is 12.4. The van der Waals surface area contributed by atoms with Gasteiger partial charge in [-0.15, -0.1) is 0 Å². The second-order valence-corrected chi connectivity index (χ2v) is 6.92. The molecule has 0 aliphatic heterocycles. The van der Waals surface area contributed by atoms with Crippen molar-refractivity contribution in [2.75, 3.05) is 13.1 Å². The normalized spacial score (nSPS) is 11.9. The summed E-state index contributed by atoms with van der Waals surface area (Å²) in [5.74, 6) is -0.236. The lowest BCUT2D eigenvalue weighted by Gasteiger charge is -2.19. The molecule has 0 aliphatic rings. The van der Waals surface area contributed by atoms with E-state index in [2.05, 4.69) is 53.6 Å². The summed E-state index contributed by atoms with van der Waals surface area (Å²) in [6, 6.07) is 17.6. The van der Waals surface area contributed by atoms with Crippen LogP contribution in [0.4, 0.5) is 0 Å². The minimum absolute atomic E-state index is 0.0881. The smallest absolute Gasteiger partial charge is 0.222 e. The van der Waals surface area contributed by atoms with Crippen LogP contribution in [-0.2, 0) is 22.7 Å². The van der Waals surface area contributed by atoms with Crippen LogP contribution in [0.5, 0.6) is 0 Å². The molecule has 0 saturated carbocycles. The predicted molar refractivity (Wildman–Crippen MR) is 113 cm³/mol. The summed E-state index contributed by atoms with van der Waals surface area (Å²) < 4.78 is 0. The van der Waals surface area contributed by atoms with Gasteiger partial charge >= 0.3 is 0 Å². The summed E-state index contributed by atoms with van der Waals surface area (Å²) in [7, 11) is 0. The highest BCUT2D eigenvalue weighted by Gasteiger charge is 2.16. The molecule has 2 N–H and O–H groups in total. The quantitative estimate of drug-likeness (QED) is 0.663. The Balaban J connectivity index is 1.89. The molecular weight excluding hydrogens is 350 g/mol. The fourth-order valence-electron chi connectivity index (χ4n) is 3.11. The maximum Gasteiger partial charge on any atom is 0.222 e. The van der Waals surface area contributed by atoms with Crippen LogP contribution < -0.4 is 10.6 Å². The van der Waals surface area contributed by atoms with Crippen LogP contribution in [0.3, 0.4) is 0 Å². The molecule has 0 aliphatic carbocycles. The molecule has 150 valence electrons. The van der Waals surface area contributed by atoms with E-state index in [4.69, 9.17) is 0 Å². The van der Waals surface area contributed by atoms with Crippen LogP contribution in [0, 0.1) is 0 Å². The topological polar surface area (TPSA) is 61.4 Å². The minimum atomic E-state index is -0.324. The zero-order valence-electron chi connectivity index (χ0n) is 17.1. The van der Waals surface area contributed by atoms with E-state index in [-0.39, 0.29) is 24.3 Å². The van der Waals surface area contributed by atoms with Crippen molar-refractivity contribution in [1.29, 1.82) is 0 Å². The summed E-state index contributed by atoms with van der Waals surface area (Å²) in [5, 5.41) is 5.81. The lowest BCUT2D eigenvalue weighted by atomic mass is 10.0. The standard InChI is InChI=1S/C23H31N3O2/c1-4-26(5-2)17-20-13-11-19(12-14-20)16-24-23(28)15-22(25-18(3)27)21-9-7-6-8-10-21/h6-14,22H,4-5,15-17H2,1-3H3,(H,24,28)(H,25,27). The van der Waals surface area contributed by atoms with Gasteiger partial charge in [-0.1, -0.05) is 68.4 Å². The van der Waals surface area contributed by atoms with Crippen LogP contribution in [0.15, 0.2) is 54.6 Å². The molecule has 0 fully saturated rings. The summed E-state index contributed by atoms with van der Waals surface area (Å²) in [5.41, 5.74) is 3.26. The molecule has 0 bridgehead atoms. The summed E-state index contributed by atoms with van der Waals surface area (Å²) in [6.07, 6.45) is 0.212. The van der Waals surface area contributed by atoms with Gasteiger partial charge in [0, 0.05) is 20.0 Å². The molecule has 0 heterocycles. The van der Waals surface area contributed by atoms with Crippen molar-refractivity contribution in [3.63, 3.8) is 0 Å². The first-order chi connectivity index (χ1) is 13.5. The first kappa shape index (κ1) is 21.6. The van der Waals surface area contributed by atoms with E-state index in [0.717, 1.165) is 30.8 Å². The average molecular weight is 382 g/mol. The molecule has 2 rings (SSSR count). The van der Waals surface area contributed by atoms with Gasteiger partial charge in [0.2, 0.25) is 11.8 Å². The number of carbonyl (C=O) groups is 2. The van der Waals surface area contributed by atoms with Gasteiger partial charge in [0.25, 0.3) is 0 Å². The Kier molecular flexibility index (Phi) is 8.69. The van der Waals surface area contributed by atoms with Gasteiger partial charge in [-0.05, 0) is 29.8 Å². The Bertz CT molecular complexity index is 740. The number of carbonyl (C=O) groups excluding carboxylic acids is 2. The number of nitrogens with one attached hydrogen (secondary N) is 2. The van der Waals surface area contributed by atoms with Crippen molar-refractivity contribution in [3.8, 4) is 0 Å². The van der Waals surface area contributed by atoms with Crippen LogP contribution in [0.25, 0.3) is 0 Å². The largest absolute Gasteiger partial charge is 0.352 e. The van der Waals surface area contributed by atoms with Crippen molar-refractivity contribution in [3.05, 3.63) is 71.3 Å². The lowest BCUT2D eigenvalue weighted by molar-refractivity contribution is -0.122. The van der Waals surface area contributed by atoms with Gasteiger partial charge in [-0.3, -0.25) is 14.5 Å². The third-order valence-electron chi connectivity index (χ3n) is 4.78. The molecule has 2 amide bonds. The number of nitrogens with zero attached hydrogens (tertiary/aromatic N) is 1. The molecular formula is C23H31N3O2. The molecule has 2 aromatic carbocycles. The van der Waals surface area contributed by atoms with Crippen molar-refractivity contribution >= 4 is 11.8 Å². The molecule has 2 aromatic rings. The second-order valence-electron chi connectivity index (χ2n) is 6.92. The first-order valence-corrected chi connectivity index (χ1v) is 9.90. The Morgan fingerprint density at radius 2 is 1.54 bits per heavy atom. The molecule has 5 nitrogen and oxygen atoms in total. The zero-order valence-corrected chi connectivity index (χ0v) is 17.1. The lowest BCUT2D eigenvalue weighted by Crippen LogP contribution is -2.32. The fourth-order valence-corrected chi connectivity index (χ4v) is 3.11. The van der Waals surface area contributed by atoms with E-state index in [0.29, 0.717) is 6.54 Å². The third-order valence-corrected chi connectivity index (χ3v) is 4.78. The molecule has 1 unspecified atom stereocenters. The number of hydrogen-bond donors (Lipinski definition) is 2. The summed E-state index contributed by atoms with van der Waals surface area (Å²) in [4.78, 5) is 26.3. The number of hydrogen-bond acceptors (Lipinski definition) is 3. The molecule has 28 heavy (non-hydrogen) atoms. The van der Waals surface area contributed by atoms with Crippen LogP contribution in [0.1, 0.15) is 49.9 Å². The Labute approximate surface area is 168 Å². The molecule has 5 heteroatoms.